The number of nitrogens with two attached hydrogens (primary N) is 1. The second kappa shape index (κ2) is 5.98. The average Bonchev–Trinajstić information content (AvgIpc) is 2.39. The third-order valence-electron chi connectivity index (χ3n) is 2.60. The summed E-state index contributed by atoms with van der Waals surface area (Å²) in [5.41, 5.74) is 7.25. The molecule has 0 aliphatic heterocycles. The van der Waals surface area contributed by atoms with Crippen molar-refractivity contribution in [2.24, 2.45) is 5.73 Å². The van der Waals surface area contributed by atoms with Crippen LogP contribution in [0.4, 0.5) is 4.39 Å². The van der Waals surface area contributed by atoms with Gasteiger partial charge in [-0.15, -0.1) is 0 Å². The van der Waals surface area contributed by atoms with Crippen LogP contribution >= 0.6 is 15.9 Å². The zero-order valence-corrected chi connectivity index (χ0v) is 11.3. The van der Waals surface area contributed by atoms with E-state index in [4.69, 9.17) is 10.5 Å². The maximum Gasteiger partial charge on any atom is 0.123 e. The van der Waals surface area contributed by atoms with Crippen LogP contribution in [-0.2, 0) is 13.2 Å². The van der Waals surface area contributed by atoms with Crippen molar-refractivity contribution in [1.82, 2.24) is 0 Å². The zero-order chi connectivity index (χ0) is 13.0. The summed E-state index contributed by atoms with van der Waals surface area (Å²) in [6.45, 7) is 0.686. The van der Waals surface area contributed by atoms with Gasteiger partial charge >= 0.3 is 0 Å². The minimum atomic E-state index is -0.275. The van der Waals surface area contributed by atoms with Gasteiger partial charge < -0.3 is 10.5 Å². The van der Waals surface area contributed by atoms with Gasteiger partial charge in [0.1, 0.15) is 18.2 Å². The smallest absolute Gasteiger partial charge is 0.123 e. The number of benzene rings is 2. The fraction of sp³-hybridized carbons (Fsp3) is 0.143. The molecule has 0 fully saturated rings. The second-order valence-corrected chi connectivity index (χ2v) is 4.78. The number of ether oxygens (including phenoxy) is 1. The van der Waals surface area contributed by atoms with Crippen LogP contribution in [-0.4, -0.2) is 0 Å². The van der Waals surface area contributed by atoms with Crippen LogP contribution in [0.3, 0.4) is 0 Å². The largest absolute Gasteiger partial charge is 0.489 e. The SMILES string of the molecule is NCc1cc(F)ccc1COc1ccc(Br)cc1. The summed E-state index contributed by atoms with van der Waals surface area (Å²) in [5, 5.41) is 0. The number of hydrogen-bond acceptors (Lipinski definition) is 2. The Morgan fingerprint density at radius 3 is 2.44 bits per heavy atom. The van der Waals surface area contributed by atoms with Crippen LogP contribution in [0.25, 0.3) is 0 Å². The Labute approximate surface area is 114 Å². The predicted molar refractivity (Wildman–Crippen MR) is 72.8 cm³/mol. The molecule has 0 saturated carbocycles. The lowest BCUT2D eigenvalue weighted by Gasteiger charge is -2.10. The summed E-state index contributed by atoms with van der Waals surface area (Å²) in [5.74, 6) is 0.494. The van der Waals surface area contributed by atoms with E-state index in [2.05, 4.69) is 15.9 Å². The van der Waals surface area contributed by atoms with E-state index in [-0.39, 0.29) is 5.82 Å². The maximum atomic E-state index is 13.0. The molecule has 0 aliphatic rings. The molecule has 2 aromatic rings. The minimum Gasteiger partial charge on any atom is -0.489 e. The lowest BCUT2D eigenvalue weighted by molar-refractivity contribution is 0.304. The molecule has 0 radical (unpaired) electrons. The summed E-state index contributed by atoms with van der Waals surface area (Å²) in [7, 11) is 0. The van der Waals surface area contributed by atoms with Crippen LogP contribution in [0, 0.1) is 5.82 Å². The number of hydrogen-bond donors (Lipinski definition) is 1. The van der Waals surface area contributed by atoms with Gasteiger partial charge in [-0.1, -0.05) is 22.0 Å². The highest BCUT2D eigenvalue weighted by molar-refractivity contribution is 9.10. The molecule has 0 bridgehead atoms. The lowest BCUT2D eigenvalue weighted by Crippen LogP contribution is -2.05. The van der Waals surface area contributed by atoms with E-state index in [0.717, 1.165) is 21.3 Å². The third kappa shape index (κ3) is 3.31. The normalized spacial score (nSPS) is 10.4. The standard InChI is InChI=1S/C14H13BrFNO/c15-12-2-5-14(6-3-12)18-9-10-1-4-13(16)7-11(10)8-17/h1-7H,8-9,17H2. The molecule has 0 saturated heterocycles. The Morgan fingerprint density at radius 1 is 1.06 bits per heavy atom. The van der Waals surface area contributed by atoms with Crippen molar-refractivity contribution in [2.75, 3.05) is 0 Å². The maximum absolute atomic E-state index is 13.0. The van der Waals surface area contributed by atoms with Crippen molar-refractivity contribution in [3.8, 4) is 5.75 Å². The first-order chi connectivity index (χ1) is 8.69. The van der Waals surface area contributed by atoms with E-state index in [1.807, 2.05) is 24.3 Å². The van der Waals surface area contributed by atoms with E-state index in [9.17, 15) is 4.39 Å². The first kappa shape index (κ1) is 13.1. The molecule has 2 aromatic carbocycles. The highest BCUT2D eigenvalue weighted by Gasteiger charge is 2.04. The van der Waals surface area contributed by atoms with E-state index in [1.54, 1.807) is 6.07 Å². The van der Waals surface area contributed by atoms with Crippen molar-refractivity contribution in [1.29, 1.82) is 0 Å². The second-order valence-electron chi connectivity index (χ2n) is 3.86. The Kier molecular flexibility index (Phi) is 4.33. The van der Waals surface area contributed by atoms with Crippen molar-refractivity contribution in [3.63, 3.8) is 0 Å². The Bertz CT molecular complexity index is 528. The molecule has 2 nitrogen and oxygen atoms in total. The first-order valence-electron chi connectivity index (χ1n) is 5.55. The molecule has 0 aliphatic carbocycles. The molecule has 0 atom stereocenters. The molecule has 0 heterocycles. The Morgan fingerprint density at radius 2 is 1.78 bits per heavy atom. The van der Waals surface area contributed by atoms with E-state index in [0.29, 0.717) is 13.2 Å². The molecule has 0 spiro atoms. The minimum absolute atomic E-state index is 0.275. The third-order valence-corrected chi connectivity index (χ3v) is 3.12. The fourth-order valence-electron chi connectivity index (χ4n) is 1.62. The molecular formula is C14H13BrFNO. The van der Waals surface area contributed by atoms with Gasteiger partial charge in [-0.2, -0.15) is 0 Å². The van der Waals surface area contributed by atoms with Crippen LogP contribution in [0.2, 0.25) is 0 Å². The molecular weight excluding hydrogens is 297 g/mol. The molecule has 2 N–H and O–H groups in total. The van der Waals surface area contributed by atoms with E-state index < -0.39 is 0 Å². The summed E-state index contributed by atoms with van der Waals surface area (Å²) in [6, 6.07) is 12.1. The van der Waals surface area contributed by atoms with Crippen LogP contribution in [0.1, 0.15) is 11.1 Å². The molecule has 0 amide bonds. The van der Waals surface area contributed by atoms with Crippen molar-refractivity contribution >= 4 is 15.9 Å². The summed E-state index contributed by atoms with van der Waals surface area (Å²) in [6.07, 6.45) is 0. The van der Waals surface area contributed by atoms with Gasteiger partial charge in [-0.05, 0) is 47.5 Å². The quantitative estimate of drug-likeness (QED) is 0.936. The molecule has 94 valence electrons. The molecule has 0 aromatic heterocycles. The fourth-order valence-corrected chi connectivity index (χ4v) is 1.88. The summed E-state index contributed by atoms with van der Waals surface area (Å²) in [4.78, 5) is 0. The van der Waals surface area contributed by atoms with Gasteiger partial charge in [0.25, 0.3) is 0 Å². The van der Waals surface area contributed by atoms with E-state index >= 15 is 0 Å². The highest BCUT2D eigenvalue weighted by Crippen LogP contribution is 2.18. The first-order valence-corrected chi connectivity index (χ1v) is 6.34. The lowest BCUT2D eigenvalue weighted by atomic mass is 10.1. The van der Waals surface area contributed by atoms with Gasteiger partial charge in [0, 0.05) is 11.0 Å². The molecule has 0 unspecified atom stereocenters. The van der Waals surface area contributed by atoms with Gasteiger partial charge in [-0.3, -0.25) is 0 Å². The van der Waals surface area contributed by atoms with Gasteiger partial charge in [0.15, 0.2) is 0 Å². The van der Waals surface area contributed by atoms with E-state index in [1.165, 1.54) is 12.1 Å². The highest BCUT2D eigenvalue weighted by atomic mass is 79.9. The summed E-state index contributed by atoms with van der Waals surface area (Å²) >= 11 is 3.36. The van der Waals surface area contributed by atoms with Gasteiger partial charge in [-0.25, -0.2) is 4.39 Å². The van der Waals surface area contributed by atoms with Crippen LogP contribution < -0.4 is 10.5 Å². The molecule has 18 heavy (non-hydrogen) atoms. The number of halogens is 2. The van der Waals surface area contributed by atoms with Crippen LogP contribution in [0.5, 0.6) is 5.75 Å². The predicted octanol–water partition coefficient (Wildman–Crippen LogP) is 3.63. The zero-order valence-electron chi connectivity index (χ0n) is 9.70. The van der Waals surface area contributed by atoms with Gasteiger partial charge in [0.2, 0.25) is 0 Å². The van der Waals surface area contributed by atoms with Crippen molar-refractivity contribution in [3.05, 3.63) is 63.9 Å². The van der Waals surface area contributed by atoms with Crippen molar-refractivity contribution < 1.29 is 9.13 Å². The monoisotopic (exact) mass is 309 g/mol. The van der Waals surface area contributed by atoms with Gasteiger partial charge in [0.05, 0.1) is 0 Å². The summed E-state index contributed by atoms with van der Waals surface area (Å²) < 4.78 is 19.7. The van der Waals surface area contributed by atoms with Crippen LogP contribution in [0.15, 0.2) is 46.9 Å². The number of rotatable bonds is 4. The molecule has 4 heteroatoms. The topological polar surface area (TPSA) is 35.2 Å². The Hall–Kier alpha value is -1.39. The average molecular weight is 310 g/mol. The Balaban J connectivity index is 2.08. The van der Waals surface area contributed by atoms with Crippen molar-refractivity contribution in [2.45, 2.75) is 13.2 Å². The molecule has 2 rings (SSSR count).